The molecule has 2 aliphatic rings. The Hall–Kier alpha value is -5.34. The number of hydrogen-bond acceptors (Lipinski definition) is 2. The third-order valence-electron chi connectivity index (χ3n) is 10.9. The first-order valence-corrected chi connectivity index (χ1v) is 19.0. The maximum Gasteiger partial charge on any atom is 0.0540 e. The van der Waals surface area contributed by atoms with Gasteiger partial charge in [-0.25, -0.2) is 0 Å². The van der Waals surface area contributed by atoms with E-state index in [1.807, 2.05) is 0 Å². The molecule has 0 atom stereocenters. The first-order chi connectivity index (χ1) is 25.0. The van der Waals surface area contributed by atoms with E-state index in [2.05, 4.69) is 199 Å². The summed E-state index contributed by atoms with van der Waals surface area (Å²) in [7, 11) is 0. The van der Waals surface area contributed by atoms with Crippen molar-refractivity contribution in [2.75, 3.05) is 9.80 Å². The van der Waals surface area contributed by atoms with Crippen molar-refractivity contribution in [3.63, 3.8) is 0 Å². The van der Waals surface area contributed by atoms with Crippen LogP contribution in [0, 0.1) is 0 Å². The van der Waals surface area contributed by atoms with Gasteiger partial charge in [-0.1, -0.05) is 140 Å². The van der Waals surface area contributed by atoms with Crippen molar-refractivity contribution in [2.24, 2.45) is 0 Å². The number of para-hydroxylation sites is 4. The average molecular weight is 679 g/mol. The molecule has 0 bridgehead atoms. The van der Waals surface area contributed by atoms with Crippen LogP contribution in [0.15, 0.2) is 133 Å². The molecular formula is C50H50N2. The van der Waals surface area contributed by atoms with Gasteiger partial charge in [0.05, 0.1) is 22.7 Å². The highest BCUT2D eigenvalue weighted by molar-refractivity contribution is 6.17. The summed E-state index contributed by atoms with van der Waals surface area (Å²) in [6.45, 7) is 18.4. The van der Waals surface area contributed by atoms with Crippen LogP contribution in [0.5, 0.6) is 0 Å². The average Bonchev–Trinajstić information content (AvgIpc) is 3.15. The van der Waals surface area contributed by atoms with E-state index in [1.54, 1.807) is 0 Å². The molecule has 0 unspecified atom stereocenters. The van der Waals surface area contributed by atoms with Gasteiger partial charge < -0.3 is 9.80 Å². The highest BCUT2D eigenvalue weighted by atomic mass is 15.2. The first kappa shape index (κ1) is 33.8. The highest BCUT2D eigenvalue weighted by Gasteiger charge is 2.35. The minimum atomic E-state index is 0.00784. The second kappa shape index (κ2) is 12.7. The Morgan fingerprint density at radius 1 is 0.385 bits per heavy atom. The summed E-state index contributed by atoms with van der Waals surface area (Å²) in [5, 5.41) is 0. The molecule has 0 saturated carbocycles. The van der Waals surface area contributed by atoms with Gasteiger partial charge in [0, 0.05) is 44.8 Å². The monoisotopic (exact) mass is 678 g/mol. The summed E-state index contributed by atoms with van der Waals surface area (Å²) in [4.78, 5) is 5.00. The maximum atomic E-state index is 2.51. The predicted octanol–water partition coefficient (Wildman–Crippen LogP) is 14.0. The second-order valence-electron chi connectivity index (χ2n) is 16.5. The van der Waals surface area contributed by atoms with Gasteiger partial charge in [-0.3, -0.25) is 0 Å². The highest BCUT2D eigenvalue weighted by Crippen LogP contribution is 2.57. The Morgan fingerprint density at radius 3 is 1.00 bits per heavy atom. The summed E-state index contributed by atoms with van der Waals surface area (Å²) in [6.07, 6.45) is 2.01. The number of aryl methyl sites for hydroxylation is 2. The standard InChI is InChI=1S/C50H50N2/c1-9-33-27-34(10-2)29-37(28-33)51-43-23-15-11-19-39(43)47(40-20-12-16-24-44(40)51)48-41-21-13-17-25-45(41)52(46-26-18-14-22-42(46)48)38-31-35(49(3,4)5)30-36(32-38)50(6,7)8/h11-32H,9-10H2,1-8H3. The van der Waals surface area contributed by atoms with Crippen molar-refractivity contribution in [3.05, 3.63) is 178 Å². The van der Waals surface area contributed by atoms with Gasteiger partial charge in [-0.2, -0.15) is 0 Å². The molecule has 0 N–H and O–H groups in total. The molecule has 8 rings (SSSR count). The van der Waals surface area contributed by atoms with Crippen LogP contribution in [0.1, 0.15) is 99.9 Å². The van der Waals surface area contributed by atoms with Crippen LogP contribution < -0.4 is 9.80 Å². The zero-order valence-electron chi connectivity index (χ0n) is 32.0. The number of benzene rings is 6. The number of anilines is 6. The summed E-state index contributed by atoms with van der Waals surface area (Å²) in [5.74, 6) is 0. The number of rotatable bonds is 4. The van der Waals surface area contributed by atoms with E-state index in [-0.39, 0.29) is 10.8 Å². The Bertz CT molecular complexity index is 2210. The molecule has 0 amide bonds. The van der Waals surface area contributed by atoms with Crippen LogP contribution in [0.25, 0.3) is 11.1 Å². The molecule has 52 heavy (non-hydrogen) atoms. The quantitative estimate of drug-likeness (QED) is 0.183. The maximum absolute atomic E-state index is 2.51. The van der Waals surface area contributed by atoms with Gasteiger partial charge in [0.15, 0.2) is 0 Å². The fourth-order valence-corrected chi connectivity index (χ4v) is 8.05. The molecule has 2 heteroatoms. The lowest BCUT2D eigenvalue weighted by Gasteiger charge is -2.40. The summed E-state index contributed by atoms with van der Waals surface area (Å²) >= 11 is 0. The lowest BCUT2D eigenvalue weighted by molar-refractivity contribution is 0.569. The van der Waals surface area contributed by atoms with E-state index < -0.39 is 0 Å². The lowest BCUT2D eigenvalue weighted by atomic mass is 9.78. The van der Waals surface area contributed by atoms with Crippen molar-refractivity contribution in [2.45, 2.75) is 79.1 Å². The van der Waals surface area contributed by atoms with Gasteiger partial charge in [0.25, 0.3) is 0 Å². The van der Waals surface area contributed by atoms with E-state index in [9.17, 15) is 0 Å². The van der Waals surface area contributed by atoms with Crippen molar-refractivity contribution < 1.29 is 0 Å². The van der Waals surface area contributed by atoms with Crippen LogP contribution in [0.3, 0.4) is 0 Å². The molecule has 0 aromatic heterocycles. The third-order valence-corrected chi connectivity index (χ3v) is 10.9. The Kier molecular flexibility index (Phi) is 8.26. The van der Waals surface area contributed by atoms with Crippen LogP contribution in [-0.2, 0) is 23.7 Å². The molecule has 0 fully saturated rings. The van der Waals surface area contributed by atoms with Crippen LogP contribution in [0.4, 0.5) is 34.1 Å². The molecule has 2 aliphatic heterocycles. The van der Waals surface area contributed by atoms with Crippen LogP contribution in [0.2, 0.25) is 0 Å². The lowest BCUT2D eigenvalue weighted by Crippen LogP contribution is -2.23. The van der Waals surface area contributed by atoms with E-state index in [0.717, 1.165) is 12.8 Å². The second-order valence-corrected chi connectivity index (χ2v) is 16.5. The normalized spacial score (nSPS) is 13.8. The fourth-order valence-electron chi connectivity index (χ4n) is 8.05. The Balaban J connectivity index is 1.43. The van der Waals surface area contributed by atoms with E-state index in [0.29, 0.717) is 0 Å². The largest absolute Gasteiger partial charge is 0.309 e. The number of nitrogens with zero attached hydrogens (tertiary/aromatic N) is 2. The minimum absolute atomic E-state index is 0.00784. The first-order valence-electron chi connectivity index (χ1n) is 19.0. The van der Waals surface area contributed by atoms with Gasteiger partial charge >= 0.3 is 0 Å². The van der Waals surface area contributed by atoms with Crippen molar-refractivity contribution in [1.82, 2.24) is 0 Å². The van der Waals surface area contributed by atoms with Gasteiger partial charge in [0.1, 0.15) is 0 Å². The van der Waals surface area contributed by atoms with Crippen molar-refractivity contribution in [1.29, 1.82) is 0 Å². The molecule has 0 saturated heterocycles. The van der Waals surface area contributed by atoms with E-state index >= 15 is 0 Å². The molecule has 0 spiro atoms. The topological polar surface area (TPSA) is 6.48 Å². The predicted molar refractivity (Wildman–Crippen MR) is 223 cm³/mol. The van der Waals surface area contributed by atoms with Crippen molar-refractivity contribution >= 4 is 45.3 Å². The minimum Gasteiger partial charge on any atom is -0.309 e. The number of fused-ring (bicyclic) bond motifs is 4. The van der Waals surface area contributed by atoms with Crippen molar-refractivity contribution in [3.8, 4) is 0 Å². The summed E-state index contributed by atoms with van der Waals surface area (Å²) in [6, 6.07) is 50.4. The van der Waals surface area contributed by atoms with Gasteiger partial charge in [-0.05, 0) is 94.5 Å². The van der Waals surface area contributed by atoms with Gasteiger partial charge in [0.2, 0.25) is 0 Å². The van der Waals surface area contributed by atoms with Gasteiger partial charge in [-0.15, -0.1) is 0 Å². The molecule has 6 aromatic carbocycles. The van der Waals surface area contributed by atoms with E-state index in [1.165, 1.54) is 89.8 Å². The smallest absolute Gasteiger partial charge is 0.0540 e. The molecule has 0 aliphatic carbocycles. The third kappa shape index (κ3) is 5.66. The molecule has 0 radical (unpaired) electrons. The van der Waals surface area contributed by atoms with Crippen LogP contribution in [-0.4, -0.2) is 0 Å². The summed E-state index contributed by atoms with van der Waals surface area (Å²) in [5.41, 5.74) is 20.3. The molecule has 6 aromatic rings. The van der Waals surface area contributed by atoms with Crippen LogP contribution >= 0.6 is 0 Å². The molecular weight excluding hydrogens is 629 g/mol. The molecule has 2 nitrogen and oxygen atoms in total. The molecule has 2 heterocycles. The SMILES string of the molecule is CCc1cc(CC)cc(N2c3ccccc3C(=C3c4ccccc4N(c4cc(C(C)(C)C)cc(C(C)(C)C)c4)c4ccccc43)c3ccccc32)c1. The van der Waals surface area contributed by atoms with E-state index in [4.69, 9.17) is 0 Å². The zero-order chi connectivity index (χ0) is 36.4. The number of hydrogen-bond donors (Lipinski definition) is 0. The zero-order valence-corrected chi connectivity index (χ0v) is 32.0. The Morgan fingerprint density at radius 2 is 0.692 bits per heavy atom. The fraction of sp³-hybridized carbons (Fsp3) is 0.240. The summed E-state index contributed by atoms with van der Waals surface area (Å²) < 4.78 is 0. The Labute approximate surface area is 311 Å². The molecule has 260 valence electrons.